The van der Waals surface area contributed by atoms with Gasteiger partial charge in [-0.1, -0.05) is 0 Å². The van der Waals surface area contributed by atoms with Gasteiger partial charge in [0.15, 0.2) is 5.82 Å². The van der Waals surface area contributed by atoms with Crippen LogP contribution in [0.3, 0.4) is 0 Å². The van der Waals surface area contributed by atoms with Crippen LogP contribution in [-0.4, -0.2) is 46.3 Å². The summed E-state index contributed by atoms with van der Waals surface area (Å²) >= 11 is 0. The molecule has 0 saturated carbocycles. The second-order valence-electron chi connectivity index (χ2n) is 5.50. The molecular weight excluding hydrogens is 296 g/mol. The van der Waals surface area contributed by atoms with Crippen LogP contribution in [0, 0.1) is 17.0 Å². The number of aryl methyl sites for hydroxylation is 1. The quantitative estimate of drug-likeness (QED) is 0.630. The van der Waals surface area contributed by atoms with Crippen molar-refractivity contribution >= 4 is 17.3 Å². The van der Waals surface area contributed by atoms with E-state index in [1.54, 1.807) is 12.3 Å². The van der Waals surface area contributed by atoms with Crippen molar-refractivity contribution in [3.05, 3.63) is 46.3 Å². The highest BCUT2D eigenvalue weighted by Crippen LogP contribution is 2.23. The zero-order chi connectivity index (χ0) is 16.2. The molecule has 1 aliphatic heterocycles. The summed E-state index contributed by atoms with van der Waals surface area (Å²) in [4.78, 5) is 19.1. The normalized spacial score (nSPS) is 15.3. The summed E-state index contributed by atoms with van der Waals surface area (Å²) in [6, 6.07) is 5.42. The summed E-state index contributed by atoms with van der Waals surface area (Å²) in [5, 5.41) is 18.9. The van der Waals surface area contributed by atoms with E-state index in [0.717, 1.165) is 49.8 Å². The SMILES string of the molecule is Cc1cc([N+](=O)[O-])cnc1N1CCCN(c2cccnn2)CC1. The maximum Gasteiger partial charge on any atom is 0.287 e. The average molecular weight is 314 g/mol. The van der Waals surface area contributed by atoms with Gasteiger partial charge in [-0.2, -0.15) is 5.10 Å². The van der Waals surface area contributed by atoms with Crippen LogP contribution in [0.15, 0.2) is 30.6 Å². The molecule has 0 atom stereocenters. The molecule has 0 bridgehead atoms. The van der Waals surface area contributed by atoms with Crippen molar-refractivity contribution in [1.29, 1.82) is 0 Å². The Bertz CT molecular complexity index is 694. The Labute approximate surface area is 133 Å². The second kappa shape index (κ2) is 6.55. The fourth-order valence-electron chi connectivity index (χ4n) is 2.80. The van der Waals surface area contributed by atoms with Crippen molar-refractivity contribution in [2.75, 3.05) is 36.0 Å². The summed E-state index contributed by atoms with van der Waals surface area (Å²) in [5.41, 5.74) is 0.856. The summed E-state index contributed by atoms with van der Waals surface area (Å²) < 4.78 is 0. The molecule has 23 heavy (non-hydrogen) atoms. The topological polar surface area (TPSA) is 88.3 Å². The Balaban J connectivity index is 1.74. The van der Waals surface area contributed by atoms with Crippen molar-refractivity contribution in [1.82, 2.24) is 15.2 Å². The lowest BCUT2D eigenvalue weighted by atomic mass is 10.2. The average Bonchev–Trinajstić information content (AvgIpc) is 2.81. The van der Waals surface area contributed by atoms with Crippen LogP contribution < -0.4 is 9.80 Å². The first kappa shape index (κ1) is 15.1. The van der Waals surface area contributed by atoms with E-state index in [1.165, 1.54) is 6.20 Å². The molecule has 1 saturated heterocycles. The van der Waals surface area contributed by atoms with E-state index in [0.29, 0.717) is 0 Å². The Morgan fingerprint density at radius 2 is 2.00 bits per heavy atom. The first-order valence-electron chi connectivity index (χ1n) is 7.54. The minimum atomic E-state index is -0.415. The molecule has 1 fully saturated rings. The van der Waals surface area contributed by atoms with Gasteiger partial charge in [-0.25, -0.2) is 4.98 Å². The zero-order valence-electron chi connectivity index (χ0n) is 12.9. The van der Waals surface area contributed by atoms with Crippen molar-refractivity contribution in [3.8, 4) is 0 Å². The molecule has 3 heterocycles. The van der Waals surface area contributed by atoms with Gasteiger partial charge in [0.2, 0.25) is 0 Å². The van der Waals surface area contributed by atoms with Crippen LogP contribution in [0.1, 0.15) is 12.0 Å². The lowest BCUT2D eigenvalue weighted by Gasteiger charge is -2.24. The van der Waals surface area contributed by atoms with E-state index in [9.17, 15) is 10.1 Å². The van der Waals surface area contributed by atoms with Crippen molar-refractivity contribution < 1.29 is 4.92 Å². The molecule has 0 radical (unpaired) electrons. The van der Waals surface area contributed by atoms with Gasteiger partial charge in [0.25, 0.3) is 5.69 Å². The van der Waals surface area contributed by atoms with Crippen LogP contribution in [-0.2, 0) is 0 Å². The first-order valence-corrected chi connectivity index (χ1v) is 7.54. The third kappa shape index (κ3) is 3.36. The molecule has 0 aromatic carbocycles. The second-order valence-corrected chi connectivity index (χ2v) is 5.50. The van der Waals surface area contributed by atoms with E-state index in [2.05, 4.69) is 25.0 Å². The molecule has 3 rings (SSSR count). The molecule has 0 N–H and O–H groups in total. The van der Waals surface area contributed by atoms with E-state index < -0.39 is 4.92 Å². The highest BCUT2D eigenvalue weighted by molar-refractivity contribution is 5.51. The van der Waals surface area contributed by atoms with E-state index in [-0.39, 0.29) is 5.69 Å². The van der Waals surface area contributed by atoms with Crippen LogP contribution in [0.2, 0.25) is 0 Å². The van der Waals surface area contributed by atoms with Crippen LogP contribution in [0.25, 0.3) is 0 Å². The van der Waals surface area contributed by atoms with Gasteiger partial charge in [-0.15, -0.1) is 5.10 Å². The highest BCUT2D eigenvalue weighted by Gasteiger charge is 2.19. The van der Waals surface area contributed by atoms with E-state index >= 15 is 0 Å². The molecule has 1 aliphatic rings. The Hall–Kier alpha value is -2.77. The largest absolute Gasteiger partial charge is 0.355 e. The molecule has 2 aromatic rings. The fraction of sp³-hybridized carbons (Fsp3) is 0.400. The van der Waals surface area contributed by atoms with Gasteiger partial charge < -0.3 is 9.80 Å². The van der Waals surface area contributed by atoms with E-state index in [1.807, 2.05) is 19.1 Å². The maximum absolute atomic E-state index is 10.8. The molecular formula is C15H18N6O2. The fourth-order valence-corrected chi connectivity index (χ4v) is 2.80. The maximum atomic E-state index is 10.8. The molecule has 8 nitrogen and oxygen atoms in total. The standard InChI is InChI=1S/C15H18N6O2/c1-12-10-13(21(22)23)11-16-15(12)20-7-3-6-19(8-9-20)14-4-2-5-17-18-14/h2,4-5,10-11H,3,6-9H2,1H3. The monoisotopic (exact) mass is 314 g/mol. The number of pyridine rings is 1. The van der Waals surface area contributed by atoms with Gasteiger partial charge in [-0.3, -0.25) is 10.1 Å². The number of nitrogens with zero attached hydrogens (tertiary/aromatic N) is 6. The van der Waals surface area contributed by atoms with Gasteiger partial charge in [-0.05, 0) is 31.0 Å². The predicted octanol–water partition coefficient (Wildman–Crippen LogP) is 1.80. The molecule has 2 aromatic heterocycles. The number of rotatable bonds is 3. The Morgan fingerprint density at radius 1 is 1.22 bits per heavy atom. The van der Waals surface area contributed by atoms with Crippen LogP contribution in [0.4, 0.5) is 17.3 Å². The molecule has 8 heteroatoms. The molecule has 0 unspecified atom stereocenters. The zero-order valence-corrected chi connectivity index (χ0v) is 12.9. The number of hydrogen-bond acceptors (Lipinski definition) is 7. The Kier molecular flexibility index (Phi) is 4.31. The number of anilines is 2. The van der Waals surface area contributed by atoms with Gasteiger partial charge in [0.1, 0.15) is 12.0 Å². The Morgan fingerprint density at radius 3 is 2.70 bits per heavy atom. The lowest BCUT2D eigenvalue weighted by molar-refractivity contribution is -0.385. The van der Waals surface area contributed by atoms with Gasteiger partial charge in [0.05, 0.1) is 4.92 Å². The van der Waals surface area contributed by atoms with Crippen molar-refractivity contribution in [2.24, 2.45) is 0 Å². The molecule has 0 spiro atoms. The summed E-state index contributed by atoms with van der Waals surface area (Å²) in [7, 11) is 0. The third-order valence-electron chi connectivity index (χ3n) is 3.92. The molecule has 0 aliphatic carbocycles. The summed E-state index contributed by atoms with van der Waals surface area (Å²) in [5.74, 6) is 1.69. The van der Waals surface area contributed by atoms with Crippen molar-refractivity contribution in [2.45, 2.75) is 13.3 Å². The molecule has 120 valence electrons. The van der Waals surface area contributed by atoms with Gasteiger partial charge in [0, 0.05) is 38.4 Å². The summed E-state index contributed by atoms with van der Waals surface area (Å²) in [6.45, 7) is 5.24. The van der Waals surface area contributed by atoms with Crippen molar-refractivity contribution in [3.63, 3.8) is 0 Å². The van der Waals surface area contributed by atoms with Crippen LogP contribution >= 0.6 is 0 Å². The van der Waals surface area contributed by atoms with E-state index in [4.69, 9.17) is 0 Å². The minimum absolute atomic E-state index is 0.0299. The number of nitro groups is 1. The van der Waals surface area contributed by atoms with Gasteiger partial charge >= 0.3 is 0 Å². The number of aromatic nitrogens is 3. The molecule has 0 amide bonds. The lowest BCUT2D eigenvalue weighted by Crippen LogP contribution is -2.32. The minimum Gasteiger partial charge on any atom is -0.355 e. The highest BCUT2D eigenvalue weighted by atomic mass is 16.6. The first-order chi connectivity index (χ1) is 11.1. The smallest absolute Gasteiger partial charge is 0.287 e. The van der Waals surface area contributed by atoms with Crippen LogP contribution in [0.5, 0.6) is 0 Å². The predicted molar refractivity (Wildman–Crippen MR) is 86.7 cm³/mol. The number of hydrogen-bond donors (Lipinski definition) is 0. The summed E-state index contributed by atoms with van der Waals surface area (Å²) in [6.07, 6.45) is 3.96. The third-order valence-corrected chi connectivity index (χ3v) is 3.92.